The molecule has 0 fully saturated rings. The van der Waals surface area contributed by atoms with E-state index in [4.69, 9.17) is 13.9 Å². The number of ether oxygens (including phenoxy) is 2. The van der Waals surface area contributed by atoms with Crippen molar-refractivity contribution in [3.05, 3.63) is 99.2 Å². The summed E-state index contributed by atoms with van der Waals surface area (Å²) in [7, 11) is 1.41. The predicted molar refractivity (Wildman–Crippen MR) is 127 cm³/mol. The van der Waals surface area contributed by atoms with Gasteiger partial charge in [0.25, 0.3) is 5.91 Å². The zero-order chi connectivity index (χ0) is 26.5. The van der Waals surface area contributed by atoms with Crippen molar-refractivity contribution in [2.45, 2.75) is 19.1 Å². The highest BCUT2D eigenvalue weighted by Gasteiger charge is 2.44. The summed E-state index contributed by atoms with van der Waals surface area (Å²) in [6.45, 7) is 2.13. The van der Waals surface area contributed by atoms with E-state index >= 15 is 0 Å². The topological polar surface area (TPSA) is 69.0 Å². The highest BCUT2D eigenvalue weighted by Crippen LogP contribution is 2.44. The zero-order valence-electron chi connectivity index (χ0n) is 19.6. The summed E-state index contributed by atoms with van der Waals surface area (Å²) >= 11 is 0. The van der Waals surface area contributed by atoms with Crippen LogP contribution in [0.3, 0.4) is 0 Å². The highest BCUT2D eigenvalue weighted by atomic mass is 19.4. The number of carbonyl (C=O) groups is 1. The molecule has 5 rings (SSSR count). The Kier molecular flexibility index (Phi) is 5.89. The van der Waals surface area contributed by atoms with E-state index in [9.17, 15) is 27.2 Å². The van der Waals surface area contributed by atoms with Crippen molar-refractivity contribution < 1.29 is 36.2 Å². The second-order valence-electron chi connectivity index (χ2n) is 8.28. The van der Waals surface area contributed by atoms with Crippen LogP contribution in [0.1, 0.15) is 40.2 Å². The van der Waals surface area contributed by atoms with Crippen molar-refractivity contribution in [2.24, 2.45) is 0 Å². The molecule has 2 heterocycles. The van der Waals surface area contributed by atoms with Crippen LogP contribution in [-0.4, -0.2) is 19.6 Å². The van der Waals surface area contributed by atoms with E-state index in [1.165, 1.54) is 31.4 Å². The maximum absolute atomic E-state index is 14.0. The molecule has 0 saturated carbocycles. The average molecular weight is 513 g/mol. The standard InChI is InChI=1S/C27H19F4NO5/c1-3-36-20-9-7-14(11-21(20)35-2)23-22-24(33)18-13-16(28)8-10-19(18)37-25(22)26(34)32(23)17-6-4-5-15(12-17)27(29,30)31/h4-13,23H,3H2,1-2H3. The third-order valence-electron chi connectivity index (χ3n) is 6.09. The van der Waals surface area contributed by atoms with Gasteiger partial charge in [-0.1, -0.05) is 12.1 Å². The summed E-state index contributed by atoms with van der Waals surface area (Å²) in [5, 5.41) is -0.0969. The highest BCUT2D eigenvalue weighted by molar-refractivity contribution is 6.10. The van der Waals surface area contributed by atoms with E-state index < -0.39 is 34.9 Å². The van der Waals surface area contributed by atoms with Crippen molar-refractivity contribution in [2.75, 3.05) is 18.6 Å². The second kappa shape index (κ2) is 8.95. The smallest absolute Gasteiger partial charge is 0.416 e. The fourth-order valence-electron chi connectivity index (χ4n) is 4.49. The van der Waals surface area contributed by atoms with Gasteiger partial charge in [0.2, 0.25) is 5.76 Å². The molecule has 1 aromatic heterocycles. The van der Waals surface area contributed by atoms with Crippen LogP contribution in [-0.2, 0) is 6.18 Å². The molecule has 0 radical (unpaired) electrons. The molecule has 190 valence electrons. The van der Waals surface area contributed by atoms with E-state index in [0.717, 1.165) is 29.2 Å². The van der Waals surface area contributed by atoms with Gasteiger partial charge in [0, 0.05) is 5.69 Å². The molecular weight excluding hydrogens is 494 g/mol. The number of halogens is 4. The molecule has 1 unspecified atom stereocenters. The van der Waals surface area contributed by atoms with Gasteiger partial charge in [-0.25, -0.2) is 4.39 Å². The molecule has 37 heavy (non-hydrogen) atoms. The number of nitrogens with zero attached hydrogens (tertiary/aromatic N) is 1. The minimum Gasteiger partial charge on any atom is -0.493 e. The van der Waals surface area contributed by atoms with Crippen molar-refractivity contribution in [1.82, 2.24) is 0 Å². The number of benzene rings is 3. The Morgan fingerprint density at radius 3 is 2.49 bits per heavy atom. The lowest BCUT2D eigenvalue weighted by atomic mass is 9.97. The predicted octanol–water partition coefficient (Wildman–Crippen LogP) is 6.11. The Labute approximate surface area is 207 Å². The van der Waals surface area contributed by atoms with Gasteiger partial charge >= 0.3 is 6.18 Å². The molecule has 6 nitrogen and oxygen atoms in total. The molecule has 10 heteroatoms. The van der Waals surface area contributed by atoms with Crippen molar-refractivity contribution in [3.8, 4) is 11.5 Å². The van der Waals surface area contributed by atoms with E-state index in [0.29, 0.717) is 23.7 Å². The van der Waals surface area contributed by atoms with Gasteiger partial charge in [-0.2, -0.15) is 13.2 Å². The minimum atomic E-state index is -4.66. The summed E-state index contributed by atoms with van der Waals surface area (Å²) in [5.41, 5.74) is -1.52. The number of fused-ring (bicyclic) bond motifs is 2. The lowest BCUT2D eigenvalue weighted by molar-refractivity contribution is -0.137. The first-order valence-electron chi connectivity index (χ1n) is 11.2. The molecule has 1 atom stereocenters. The fourth-order valence-corrected chi connectivity index (χ4v) is 4.49. The number of rotatable bonds is 5. The SMILES string of the molecule is CCOc1ccc(C2c3c(oc4ccc(F)cc4c3=O)C(=O)N2c2cccc(C(F)(F)F)c2)cc1OC. The third-order valence-corrected chi connectivity index (χ3v) is 6.09. The number of anilines is 1. The zero-order valence-corrected chi connectivity index (χ0v) is 19.6. The van der Waals surface area contributed by atoms with Crippen LogP contribution in [0.2, 0.25) is 0 Å². The van der Waals surface area contributed by atoms with Crippen molar-refractivity contribution >= 4 is 22.6 Å². The van der Waals surface area contributed by atoms with Crippen LogP contribution in [0.5, 0.6) is 11.5 Å². The lowest BCUT2D eigenvalue weighted by Gasteiger charge is -2.26. The largest absolute Gasteiger partial charge is 0.493 e. The first-order chi connectivity index (χ1) is 17.6. The maximum Gasteiger partial charge on any atom is 0.416 e. The molecule has 0 bridgehead atoms. The number of methoxy groups -OCH3 is 1. The Morgan fingerprint density at radius 2 is 1.78 bits per heavy atom. The van der Waals surface area contributed by atoms with Gasteiger partial charge < -0.3 is 13.9 Å². The van der Waals surface area contributed by atoms with Crippen LogP contribution in [0.15, 0.2) is 69.9 Å². The van der Waals surface area contributed by atoms with Crippen LogP contribution < -0.4 is 19.8 Å². The number of hydrogen-bond acceptors (Lipinski definition) is 5. The van der Waals surface area contributed by atoms with Gasteiger partial charge in [-0.3, -0.25) is 14.5 Å². The molecule has 1 aliphatic heterocycles. The number of amides is 1. The van der Waals surface area contributed by atoms with Gasteiger partial charge in [-0.05, 0) is 61.0 Å². The number of hydrogen-bond donors (Lipinski definition) is 0. The Hall–Kier alpha value is -4.34. The molecule has 0 N–H and O–H groups in total. The molecule has 4 aromatic rings. The number of carbonyl (C=O) groups excluding carboxylic acids is 1. The van der Waals surface area contributed by atoms with E-state index in [2.05, 4.69) is 0 Å². The van der Waals surface area contributed by atoms with Crippen LogP contribution in [0.25, 0.3) is 11.0 Å². The number of alkyl halides is 3. The summed E-state index contributed by atoms with van der Waals surface area (Å²) in [5.74, 6) is -1.13. The minimum absolute atomic E-state index is 0.0209. The van der Waals surface area contributed by atoms with Gasteiger partial charge in [-0.15, -0.1) is 0 Å². The summed E-state index contributed by atoms with van der Waals surface area (Å²) in [4.78, 5) is 28.3. The van der Waals surface area contributed by atoms with E-state index in [1.54, 1.807) is 19.1 Å². The second-order valence-corrected chi connectivity index (χ2v) is 8.28. The first-order valence-corrected chi connectivity index (χ1v) is 11.2. The Bertz CT molecular complexity index is 1590. The molecule has 0 saturated heterocycles. The molecule has 1 amide bonds. The Balaban J connectivity index is 1.79. The monoisotopic (exact) mass is 513 g/mol. The van der Waals surface area contributed by atoms with Crippen LogP contribution >= 0.6 is 0 Å². The fraction of sp³-hybridized carbons (Fsp3) is 0.185. The molecule has 0 spiro atoms. The van der Waals surface area contributed by atoms with Gasteiger partial charge in [0.05, 0.1) is 36.3 Å². The van der Waals surface area contributed by atoms with Gasteiger partial charge in [0.1, 0.15) is 11.4 Å². The van der Waals surface area contributed by atoms with E-state index in [-0.39, 0.29) is 28.0 Å². The first kappa shape index (κ1) is 24.4. The van der Waals surface area contributed by atoms with Crippen LogP contribution in [0.4, 0.5) is 23.2 Å². The molecule has 3 aromatic carbocycles. The molecular formula is C27H19F4NO5. The summed E-state index contributed by atoms with van der Waals surface area (Å²) < 4.78 is 71.2. The Morgan fingerprint density at radius 1 is 1.00 bits per heavy atom. The quantitative estimate of drug-likeness (QED) is 0.301. The molecule has 1 aliphatic rings. The summed E-state index contributed by atoms with van der Waals surface area (Å²) in [6, 6.07) is 11.0. The van der Waals surface area contributed by atoms with Crippen molar-refractivity contribution in [1.29, 1.82) is 0 Å². The maximum atomic E-state index is 14.0. The molecule has 0 aliphatic carbocycles. The average Bonchev–Trinajstić information content (AvgIpc) is 3.17. The summed E-state index contributed by atoms with van der Waals surface area (Å²) in [6.07, 6.45) is -4.66. The third kappa shape index (κ3) is 4.08. The van der Waals surface area contributed by atoms with Crippen LogP contribution in [0, 0.1) is 5.82 Å². The normalized spacial score (nSPS) is 15.2. The van der Waals surface area contributed by atoms with Crippen molar-refractivity contribution in [3.63, 3.8) is 0 Å². The van der Waals surface area contributed by atoms with E-state index in [1.807, 2.05) is 0 Å². The lowest BCUT2D eigenvalue weighted by Crippen LogP contribution is -2.29. The van der Waals surface area contributed by atoms with Gasteiger partial charge in [0.15, 0.2) is 16.9 Å².